The number of hydrogen-bond acceptors (Lipinski definition) is 7. The van der Waals surface area contributed by atoms with Gasteiger partial charge in [0.1, 0.15) is 5.25 Å². The Morgan fingerprint density at radius 1 is 1.00 bits per heavy atom. The van der Waals surface area contributed by atoms with Crippen LogP contribution in [0.25, 0.3) is 0 Å². The van der Waals surface area contributed by atoms with Crippen LogP contribution < -0.4 is 9.77 Å². The lowest BCUT2D eigenvalue weighted by Crippen LogP contribution is -2.32. The van der Waals surface area contributed by atoms with Gasteiger partial charge in [0, 0.05) is 22.9 Å². The molecule has 0 spiro atoms. The van der Waals surface area contributed by atoms with E-state index in [-0.39, 0.29) is 22.4 Å². The van der Waals surface area contributed by atoms with E-state index in [1.54, 1.807) is 42.5 Å². The maximum absolute atomic E-state index is 13.4. The lowest BCUT2D eigenvalue weighted by molar-refractivity contribution is -0.384. The molecular weight excluding hydrogens is 426 g/mol. The third kappa shape index (κ3) is 2.79. The number of para-hydroxylation sites is 1. The van der Waals surface area contributed by atoms with Crippen LogP contribution in [0.5, 0.6) is 0 Å². The second-order valence-corrected chi connectivity index (χ2v) is 9.12. The van der Waals surface area contributed by atoms with Crippen LogP contribution in [0.4, 0.5) is 11.4 Å². The number of thiazole rings is 1. The van der Waals surface area contributed by atoms with E-state index in [1.165, 1.54) is 28.8 Å². The van der Waals surface area contributed by atoms with Gasteiger partial charge in [0.05, 0.1) is 21.6 Å². The molecule has 8 nitrogen and oxygen atoms in total. The fourth-order valence-corrected chi connectivity index (χ4v) is 6.55. The van der Waals surface area contributed by atoms with Gasteiger partial charge < -0.3 is 4.98 Å². The number of anilines is 1. The highest BCUT2D eigenvalue weighted by molar-refractivity contribution is 8.00. The molecule has 2 amide bonds. The third-order valence-corrected chi connectivity index (χ3v) is 7.68. The number of imide groups is 1. The van der Waals surface area contributed by atoms with E-state index < -0.39 is 22.0 Å². The molecule has 2 aliphatic rings. The highest BCUT2D eigenvalue weighted by Gasteiger charge is 2.56. The molecule has 3 atom stereocenters. The van der Waals surface area contributed by atoms with E-state index in [1.807, 2.05) is 0 Å². The number of benzene rings is 2. The smallest absolute Gasteiger partial charge is 0.305 e. The minimum absolute atomic E-state index is 0.108. The Balaban J connectivity index is 1.67. The van der Waals surface area contributed by atoms with Gasteiger partial charge in [-0.3, -0.25) is 24.5 Å². The normalized spacial score (nSPS) is 22.7. The molecule has 1 fully saturated rings. The van der Waals surface area contributed by atoms with E-state index in [0.717, 1.165) is 11.3 Å². The number of carbonyl (C=O) groups is 2. The fourth-order valence-electron chi connectivity index (χ4n) is 4.04. The van der Waals surface area contributed by atoms with Crippen molar-refractivity contribution in [3.05, 3.63) is 84.8 Å². The van der Waals surface area contributed by atoms with Gasteiger partial charge >= 0.3 is 4.87 Å². The van der Waals surface area contributed by atoms with E-state index in [9.17, 15) is 24.5 Å². The van der Waals surface area contributed by atoms with Crippen LogP contribution in [0.1, 0.15) is 16.4 Å². The van der Waals surface area contributed by atoms with Crippen LogP contribution in [0, 0.1) is 16.0 Å². The molecular formula is C20H13N3O5S2. The molecule has 0 unspecified atom stereocenters. The number of nitrogens with zero attached hydrogens (tertiary/aromatic N) is 2. The number of carbonyl (C=O) groups excluding carboxylic acids is 2. The van der Waals surface area contributed by atoms with Crippen molar-refractivity contribution < 1.29 is 14.5 Å². The van der Waals surface area contributed by atoms with E-state index in [0.29, 0.717) is 21.2 Å². The second-order valence-electron chi connectivity index (χ2n) is 6.95. The van der Waals surface area contributed by atoms with Gasteiger partial charge in [-0.1, -0.05) is 53.4 Å². The van der Waals surface area contributed by atoms with Crippen LogP contribution in [0.3, 0.4) is 0 Å². The average Bonchev–Trinajstić information content (AvgIpc) is 3.23. The number of amides is 2. The molecule has 0 aliphatic carbocycles. The number of H-pyrrole nitrogens is 1. The summed E-state index contributed by atoms with van der Waals surface area (Å²) < 4.78 is 0. The number of nitro groups is 1. The topological polar surface area (TPSA) is 113 Å². The molecule has 1 N–H and O–H groups in total. The molecule has 150 valence electrons. The number of fused-ring (bicyclic) bond motifs is 2. The number of nitro benzene ring substituents is 1. The molecule has 3 aromatic rings. The van der Waals surface area contributed by atoms with Crippen molar-refractivity contribution in [2.24, 2.45) is 5.92 Å². The molecule has 0 saturated carbocycles. The van der Waals surface area contributed by atoms with Gasteiger partial charge in [-0.05, 0) is 17.7 Å². The van der Waals surface area contributed by atoms with Crippen LogP contribution >= 0.6 is 23.1 Å². The van der Waals surface area contributed by atoms with Crippen molar-refractivity contribution in [2.45, 2.75) is 16.2 Å². The van der Waals surface area contributed by atoms with Crippen molar-refractivity contribution in [1.82, 2.24) is 4.98 Å². The van der Waals surface area contributed by atoms with Gasteiger partial charge in [0.15, 0.2) is 0 Å². The molecule has 0 bridgehead atoms. The van der Waals surface area contributed by atoms with Crippen LogP contribution in [0.2, 0.25) is 0 Å². The van der Waals surface area contributed by atoms with E-state index in [4.69, 9.17) is 0 Å². The van der Waals surface area contributed by atoms with Gasteiger partial charge in [0.2, 0.25) is 11.8 Å². The van der Waals surface area contributed by atoms with Crippen molar-refractivity contribution in [2.75, 3.05) is 4.90 Å². The first kappa shape index (κ1) is 18.8. The predicted molar refractivity (Wildman–Crippen MR) is 112 cm³/mol. The first-order chi connectivity index (χ1) is 14.5. The quantitative estimate of drug-likeness (QED) is 0.381. The molecule has 2 aliphatic heterocycles. The lowest BCUT2D eigenvalue weighted by Gasteiger charge is -2.29. The van der Waals surface area contributed by atoms with Crippen molar-refractivity contribution >= 4 is 46.3 Å². The molecule has 5 rings (SSSR count). The molecule has 2 aromatic carbocycles. The summed E-state index contributed by atoms with van der Waals surface area (Å²) in [5.74, 6) is -2.11. The zero-order valence-electron chi connectivity index (χ0n) is 15.2. The number of rotatable bonds is 3. The standard InChI is InChI=1S/C20H13N3O5S2/c24-18-14-13(10-5-4-8-12(9-10)23(27)28)15-17(21-20(26)30-15)29-16(14)19(25)22(18)11-6-2-1-3-7-11/h1-9,13-14,16H,(H,21,26)/t13-,14-,16+/m1/s1. The third-order valence-electron chi connectivity index (χ3n) is 5.28. The van der Waals surface area contributed by atoms with E-state index in [2.05, 4.69) is 4.98 Å². The molecule has 1 saturated heterocycles. The monoisotopic (exact) mass is 439 g/mol. The van der Waals surface area contributed by atoms with Gasteiger partial charge in [-0.15, -0.1) is 0 Å². The van der Waals surface area contributed by atoms with Gasteiger partial charge in [-0.2, -0.15) is 0 Å². The lowest BCUT2D eigenvalue weighted by atomic mass is 9.83. The van der Waals surface area contributed by atoms with E-state index >= 15 is 0 Å². The highest BCUT2D eigenvalue weighted by Crippen LogP contribution is 2.53. The molecule has 0 radical (unpaired) electrons. The number of aromatic nitrogens is 1. The first-order valence-electron chi connectivity index (χ1n) is 9.02. The number of nitrogens with one attached hydrogen (secondary N) is 1. The minimum Gasteiger partial charge on any atom is -0.307 e. The number of thioether (sulfide) groups is 1. The van der Waals surface area contributed by atoms with Crippen LogP contribution in [0.15, 0.2) is 64.4 Å². The zero-order chi connectivity index (χ0) is 21.0. The molecule has 3 heterocycles. The molecule has 1 aromatic heterocycles. The van der Waals surface area contributed by atoms with Crippen molar-refractivity contribution in [3.8, 4) is 0 Å². The summed E-state index contributed by atoms with van der Waals surface area (Å²) in [5.41, 5.74) is 0.910. The Bertz CT molecular complexity index is 1250. The van der Waals surface area contributed by atoms with Crippen LogP contribution in [-0.4, -0.2) is 27.0 Å². The summed E-state index contributed by atoms with van der Waals surface area (Å²) in [5, 5.41) is 11.1. The Labute approximate surface area is 177 Å². The fraction of sp³-hybridized carbons (Fsp3) is 0.150. The summed E-state index contributed by atoms with van der Waals surface area (Å²) in [6.07, 6.45) is 0. The van der Waals surface area contributed by atoms with Crippen LogP contribution in [-0.2, 0) is 9.59 Å². The Kier molecular flexibility index (Phi) is 4.33. The Morgan fingerprint density at radius 3 is 2.50 bits per heavy atom. The minimum atomic E-state index is -0.760. The van der Waals surface area contributed by atoms with Gasteiger partial charge in [0.25, 0.3) is 5.69 Å². The summed E-state index contributed by atoms with van der Waals surface area (Å²) in [6, 6.07) is 14.7. The predicted octanol–water partition coefficient (Wildman–Crippen LogP) is 3.14. The average molecular weight is 439 g/mol. The summed E-state index contributed by atoms with van der Waals surface area (Å²) in [4.78, 5) is 53.7. The second kappa shape index (κ2) is 6.92. The summed E-state index contributed by atoms with van der Waals surface area (Å²) in [6.45, 7) is 0. The van der Waals surface area contributed by atoms with Gasteiger partial charge in [-0.25, -0.2) is 4.90 Å². The Hall–Kier alpha value is -3.24. The number of non-ortho nitro benzene ring substituents is 1. The Morgan fingerprint density at radius 2 is 1.77 bits per heavy atom. The number of aromatic amines is 1. The maximum atomic E-state index is 13.4. The highest BCUT2D eigenvalue weighted by atomic mass is 32.2. The van der Waals surface area contributed by atoms with Crippen molar-refractivity contribution in [3.63, 3.8) is 0 Å². The maximum Gasteiger partial charge on any atom is 0.305 e. The first-order valence-corrected chi connectivity index (χ1v) is 10.7. The van der Waals surface area contributed by atoms with Crippen molar-refractivity contribution in [1.29, 1.82) is 0 Å². The molecule has 10 heteroatoms. The number of hydrogen-bond donors (Lipinski definition) is 1. The largest absolute Gasteiger partial charge is 0.307 e. The summed E-state index contributed by atoms with van der Waals surface area (Å²) in [7, 11) is 0. The SMILES string of the molecule is O=C1[C@@H]2[C@@H](c3cccc([N+](=O)[O-])c3)c3sc(=O)[nH]c3S[C@@H]2C(=O)N1c1ccccc1. The molecule has 30 heavy (non-hydrogen) atoms. The summed E-state index contributed by atoms with van der Waals surface area (Å²) >= 11 is 2.15. The zero-order valence-corrected chi connectivity index (χ0v) is 16.8.